The molecule has 1 rings (SSSR count). The van der Waals surface area contributed by atoms with Crippen LogP contribution in [-0.2, 0) is 9.59 Å². The fraction of sp³-hybridized carbons (Fsp3) is 0. The summed E-state index contributed by atoms with van der Waals surface area (Å²) in [7, 11) is 0. The molecule has 0 radical (unpaired) electrons. The number of benzene rings is 1. The summed E-state index contributed by atoms with van der Waals surface area (Å²) in [4.78, 5) is 21.1. The zero-order valence-electron chi connectivity index (χ0n) is 8.70. The lowest BCUT2D eigenvalue weighted by atomic mass is 10.1. The molecular weight excluding hydrogens is 224 g/mol. The summed E-state index contributed by atoms with van der Waals surface area (Å²) < 4.78 is 0. The van der Waals surface area contributed by atoms with E-state index in [2.05, 4.69) is 0 Å². The van der Waals surface area contributed by atoms with Crippen LogP contribution in [0.25, 0.3) is 6.08 Å². The maximum atomic E-state index is 10.7. The minimum Gasteiger partial charge on any atom is -0.508 e. The molecule has 5 nitrogen and oxygen atoms in total. The van der Waals surface area contributed by atoms with Gasteiger partial charge in [0, 0.05) is 6.08 Å². The molecule has 0 spiro atoms. The van der Waals surface area contributed by atoms with Gasteiger partial charge in [0.15, 0.2) is 0 Å². The molecule has 3 N–H and O–H groups in total. The van der Waals surface area contributed by atoms with E-state index in [9.17, 15) is 9.59 Å². The molecular formula is C12H10O5. The Balaban J connectivity index is 2.91. The maximum Gasteiger partial charge on any atom is 0.335 e. The quantitative estimate of drug-likeness (QED) is 0.542. The SMILES string of the molecule is O=C(O)C=C(C=Cc1ccc(O)cc1)C(=O)O. The number of carbonyl (C=O) groups is 2. The number of hydrogen-bond donors (Lipinski definition) is 3. The van der Waals surface area contributed by atoms with Crippen molar-refractivity contribution in [3.8, 4) is 5.75 Å². The van der Waals surface area contributed by atoms with Crippen LogP contribution in [0.2, 0.25) is 0 Å². The van der Waals surface area contributed by atoms with Crippen LogP contribution in [0.15, 0.2) is 42.0 Å². The molecule has 88 valence electrons. The van der Waals surface area contributed by atoms with E-state index in [0.717, 1.165) is 0 Å². The van der Waals surface area contributed by atoms with Gasteiger partial charge in [-0.1, -0.05) is 18.2 Å². The van der Waals surface area contributed by atoms with Gasteiger partial charge in [-0.2, -0.15) is 0 Å². The van der Waals surface area contributed by atoms with Gasteiger partial charge in [0.05, 0.1) is 5.57 Å². The number of carboxylic acid groups (broad SMARTS) is 2. The van der Waals surface area contributed by atoms with Gasteiger partial charge in [-0.15, -0.1) is 0 Å². The number of phenolic OH excluding ortho intramolecular Hbond substituents is 1. The molecule has 0 saturated heterocycles. The fourth-order valence-corrected chi connectivity index (χ4v) is 1.09. The number of aliphatic carboxylic acids is 2. The first kappa shape index (κ1) is 12.5. The van der Waals surface area contributed by atoms with Gasteiger partial charge in [-0.05, 0) is 23.8 Å². The van der Waals surface area contributed by atoms with E-state index in [1.807, 2.05) is 0 Å². The third kappa shape index (κ3) is 4.21. The van der Waals surface area contributed by atoms with Gasteiger partial charge >= 0.3 is 11.9 Å². The van der Waals surface area contributed by atoms with Crippen molar-refractivity contribution in [1.29, 1.82) is 0 Å². The zero-order valence-corrected chi connectivity index (χ0v) is 8.70. The Hall–Kier alpha value is -2.56. The summed E-state index contributed by atoms with van der Waals surface area (Å²) >= 11 is 0. The summed E-state index contributed by atoms with van der Waals surface area (Å²) in [6.45, 7) is 0. The Morgan fingerprint density at radius 2 is 1.65 bits per heavy atom. The summed E-state index contributed by atoms with van der Waals surface area (Å²) in [5, 5.41) is 26.2. The lowest BCUT2D eigenvalue weighted by Gasteiger charge is -1.95. The third-order valence-corrected chi connectivity index (χ3v) is 1.87. The molecule has 0 bridgehead atoms. The highest BCUT2D eigenvalue weighted by Crippen LogP contribution is 2.11. The van der Waals surface area contributed by atoms with Crippen LogP contribution in [0.5, 0.6) is 5.75 Å². The normalized spacial score (nSPS) is 11.6. The van der Waals surface area contributed by atoms with Crippen LogP contribution < -0.4 is 0 Å². The van der Waals surface area contributed by atoms with E-state index in [0.29, 0.717) is 11.6 Å². The second-order valence-electron chi connectivity index (χ2n) is 3.17. The van der Waals surface area contributed by atoms with Crippen LogP contribution >= 0.6 is 0 Å². The maximum absolute atomic E-state index is 10.7. The van der Waals surface area contributed by atoms with Gasteiger partial charge in [0.25, 0.3) is 0 Å². The molecule has 0 amide bonds. The van der Waals surface area contributed by atoms with E-state index >= 15 is 0 Å². The molecule has 0 aliphatic heterocycles. The summed E-state index contributed by atoms with van der Waals surface area (Å²) in [5.41, 5.74) is 0.325. The molecule has 0 atom stereocenters. The van der Waals surface area contributed by atoms with Gasteiger partial charge in [0.2, 0.25) is 0 Å². The van der Waals surface area contributed by atoms with Crippen LogP contribution in [0, 0.1) is 0 Å². The van der Waals surface area contributed by atoms with E-state index in [1.165, 1.54) is 24.3 Å². The van der Waals surface area contributed by atoms with Gasteiger partial charge in [0.1, 0.15) is 5.75 Å². The average molecular weight is 234 g/mol. The van der Waals surface area contributed by atoms with Crippen molar-refractivity contribution in [2.75, 3.05) is 0 Å². The molecule has 0 saturated carbocycles. The standard InChI is InChI=1S/C12H10O5/c13-10-5-2-8(3-6-10)1-4-9(12(16)17)7-11(14)15/h1-7,13H,(H,14,15)(H,16,17). The van der Waals surface area contributed by atoms with E-state index in [-0.39, 0.29) is 11.3 Å². The molecule has 0 aromatic heterocycles. The summed E-state index contributed by atoms with van der Waals surface area (Å²) in [5.74, 6) is -2.54. The predicted octanol–water partition coefficient (Wildman–Crippen LogP) is 1.50. The average Bonchev–Trinajstić information content (AvgIpc) is 2.25. The molecule has 1 aromatic rings. The van der Waals surface area contributed by atoms with Crippen molar-refractivity contribution in [3.05, 3.63) is 47.6 Å². The molecule has 1 aromatic carbocycles. The van der Waals surface area contributed by atoms with Crippen molar-refractivity contribution in [1.82, 2.24) is 0 Å². The number of hydrogen-bond acceptors (Lipinski definition) is 3. The van der Waals surface area contributed by atoms with Crippen LogP contribution in [0.3, 0.4) is 0 Å². The summed E-state index contributed by atoms with van der Waals surface area (Å²) in [6, 6.07) is 6.04. The van der Waals surface area contributed by atoms with Crippen molar-refractivity contribution in [2.24, 2.45) is 0 Å². The Morgan fingerprint density at radius 1 is 1.06 bits per heavy atom. The van der Waals surface area contributed by atoms with Crippen LogP contribution in [-0.4, -0.2) is 27.3 Å². The molecule has 0 aliphatic carbocycles. The summed E-state index contributed by atoms with van der Waals surface area (Å²) in [6.07, 6.45) is 3.24. The largest absolute Gasteiger partial charge is 0.508 e. The van der Waals surface area contributed by atoms with Gasteiger partial charge < -0.3 is 15.3 Å². The molecule has 5 heteroatoms. The highest BCUT2D eigenvalue weighted by Gasteiger charge is 2.05. The zero-order chi connectivity index (χ0) is 12.8. The van der Waals surface area contributed by atoms with Gasteiger partial charge in [-0.3, -0.25) is 0 Å². The highest BCUT2D eigenvalue weighted by atomic mass is 16.4. The first-order chi connectivity index (χ1) is 7.99. The Kier molecular flexibility index (Phi) is 4.05. The van der Waals surface area contributed by atoms with Crippen molar-refractivity contribution < 1.29 is 24.9 Å². The topological polar surface area (TPSA) is 94.8 Å². The van der Waals surface area contributed by atoms with E-state index in [1.54, 1.807) is 12.1 Å². The van der Waals surface area contributed by atoms with Crippen LogP contribution in [0.4, 0.5) is 0 Å². The van der Waals surface area contributed by atoms with E-state index in [4.69, 9.17) is 15.3 Å². The number of aromatic hydroxyl groups is 1. The molecule has 0 aliphatic rings. The highest BCUT2D eigenvalue weighted by molar-refractivity contribution is 5.97. The second-order valence-corrected chi connectivity index (χ2v) is 3.17. The van der Waals surface area contributed by atoms with Crippen molar-refractivity contribution >= 4 is 18.0 Å². The monoisotopic (exact) mass is 234 g/mol. The second kappa shape index (κ2) is 5.50. The number of carboxylic acids is 2. The minimum atomic E-state index is -1.32. The molecule has 0 unspecified atom stereocenters. The Bertz CT molecular complexity index is 482. The first-order valence-corrected chi connectivity index (χ1v) is 4.64. The number of phenols is 1. The van der Waals surface area contributed by atoms with Crippen LogP contribution in [0.1, 0.15) is 5.56 Å². The predicted molar refractivity (Wildman–Crippen MR) is 60.5 cm³/mol. The van der Waals surface area contributed by atoms with Gasteiger partial charge in [-0.25, -0.2) is 9.59 Å². The molecule has 0 heterocycles. The van der Waals surface area contributed by atoms with Crippen molar-refractivity contribution in [2.45, 2.75) is 0 Å². The van der Waals surface area contributed by atoms with E-state index < -0.39 is 11.9 Å². The third-order valence-electron chi connectivity index (χ3n) is 1.87. The lowest BCUT2D eigenvalue weighted by Crippen LogP contribution is -2.01. The fourth-order valence-electron chi connectivity index (χ4n) is 1.09. The molecule has 0 fully saturated rings. The Morgan fingerprint density at radius 3 is 2.12 bits per heavy atom. The molecule has 17 heavy (non-hydrogen) atoms. The lowest BCUT2D eigenvalue weighted by molar-refractivity contribution is -0.134. The first-order valence-electron chi connectivity index (χ1n) is 4.64. The Labute approximate surface area is 96.9 Å². The number of rotatable bonds is 4. The minimum absolute atomic E-state index is 0.0988. The smallest absolute Gasteiger partial charge is 0.335 e. The van der Waals surface area contributed by atoms with Crippen molar-refractivity contribution in [3.63, 3.8) is 0 Å².